The van der Waals surface area contributed by atoms with E-state index in [-0.39, 0.29) is 0 Å². The molecule has 2 aromatic rings. The first-order valence-electron chi connectivity index (χ1n) is 5.35. The van der Waals surface area contributed by atoms with E-state index >= 15 is 0 Å². The van der Waals surface area contributed by atoms with E-state index in [9.17, 15) is 5.11 Å². The summed E-state index contributed by atoms with van der Waals surface area (Å²) in [5.74, 6) is 0. The van der Waals surface area contributed by atoms with Crippen molar-refractivity contribution in [3.05, 3.63) is 68.1 Å². The second kappa shape index (κ2) is 5.22. The van der Waals surface area contributed by atoms with Gasteiger partial charge in [0.15, 0.2) is 0 Å². The molecule has 18 heavy (non-hydrogen) atoms. The quantitative estimate of drug-likeness (QED) is 0.810. The Labute approximate surface area is 124 Å². The van der Waals surface area contributed by atoms with Crippen molar-refractivity contribution in [2.75, 3.05) is 0 Å². The topological polar surface area (TPSA) is 20.2 Å². The summed E-state index contributed by atoms with van der Waals surface area (Å²) in [6.07, 6.45) is 0. The van der Waals surface area contributed by atoms with Crippen LogP contribution in [0.15, 0.2) is 46.9 Å². The van der Waals surface area contributed by atoms with Crippen molar-refractivity contribution >= 4 is 39.1 Å². The first-order chi connectivity index (χ1) is 8.41. The molecule has 0 amide bonds. The summed E-state index contributed by atoms with van der Waals surface area (Å²) in [6, 6.07) is 12.5. The van der Waals surface area contributed by atoms with Crippen LogP contribution in [0.1, 0.15) is 18.1 Å². The van der Waals surface area contributed by atoms with Crippen LogP contribution in [0, 0.1) is 0 Å². The van der Waals surface area contributed by atoms with Crippen LogP contribution in [0.5, 0.6) is 0 Å². The van der Waals surface area contributed by atoms with E-state index in [0.717, 1.165) is 10.0 Å². The highest BCUT2D eigenvalue weighted by Crippen LogP contribution is 2.35. The average Bonchev–Trinajstić information content (AvgIpc) is 2.29. The molecule has 0 spiro atoms. The number of halogens is 3. The summed E-state index contributed by atoms with van der Waals surface area (Å²) < 4.78 is 0.878. The fraction of sp³-hybridized carbons (Fsp3) is 0.143. The maximum atomic E-state index is 10.7. The summed E-state index contributed by atoms with van der Waals surface area (Å²) in [6.45, 7) is 1.71. The van der Waals surface area contributed by atoms with Crippen molar-refractivity contribution in [3.63, 3.8) is 0 Å². The molecule has 1 unspecified atom stereocenters. The smallest absolute Gasteiger partial charge is 0.113 e. The van der Waals surface area contributed by atoms with Crippen LogP contribution in [-0.4, -0.2) is 5.11 Å². The summed E-state index contributed by atoms with van der Waals surface area (Å²) >= 11 is 15.4. The number of aliphatic hydroxyl groups is 1. The second-order valence-corrected chi connectivity index (χ2v) is 5.96. The Morgan fingerprint density at radius 1 is 1.06 bits per heavy atom. The number of hydrogen-bond donors (Lipinski definition) is 1. The molecule has 0 radical (unpaired) electrons. The van der Waals surface area contributed by atoms with Gasteiger partial charge in [0.2, 0.25) is 0 Å². The Balaban J connectivity index is 2.50. The number of benzene rings is 2. The zero-order valence-electron chi connectivity index (χ0n) is 9.62. The Bertz CT molecular complexity index is 565. The maximum absolute atomic E-state index is 10.7. The van der Waals surface area contributed by atoms with Crippen molar-refractivity contribution in [1.29, 1.82) is 0 Å². The molecule has 0 saturated carbocycles. The SMILES string of the molecule is CC(O)(c1ccc(Cl)cc1)c1ccc(Br)cc1Cl. The van der Waals surface area contributed by atoms with Crippen molar-refractivity contribution in [1.82, 2.24) is 0 Å². The third-order valence-corrected chi connectivity index (χ3v) is 3.92. The van der Waals surface area contributed by atoms with Crippen molar-refractivity contribution in [3.8, 4) is 0 Å². The zero-order chi connectivity index (χ0) is 13.3. The Hall–Kier alpha value is -0.540. The van der Waals surface area contributed by atoms with E-state index in [2.05, 4.69) is 15.9 Å². The van der Waals surface area contributed by atoms with E-state index in [1.807, 2.05) is 6.07 Å². The van der Waals surface area contributed by atoms with Gasteiger partial charge in [0.25, 0.3) is 0 Å². The summed E-state index contributed by atoms with van der Waals surface area (Å²) in [4.78, 5) is 0. The van der Waals surface area contributed by atoms with Gasteiger partial charge in [-0.2, -0.15) is 0 Å². The van der Waals surface area contributed by atoms with Gasteiger partial charge in [0.05, 0.1) is 0 Å². The minimum atomic E-state index is -1.15. The predicted molar refractivity (Wildman–Crippen MR) is 79.3 cm³/mol. The normalized spacial score (nSPS) is 14.3. The fourth-order valence-electron chi connectivity index (χ4n) is 1.81. The van der Waals surface area contributed by atoms with Crippen LogP contribution in [0.2, 0.25) is 10.0 Å². The highest BCUT2D eigenvalue weighted by Gasteiger charge is 2.27. The van der Waals surface area contributed by atoms with Crippen LogP contribution in [0.25, 0.3) is 0 Å². The first kappa shape index (κ1) is 13.9. The molecule has 1 N–H and O–H groups in total. The van der Waals surface area contributed by atoms with Crippen LogP contribution < -0.4 is 0 Å². The molecule has 0 aliphatic rings. The van der Waals surface area contributed by atoms with Gasteiger partial charge < -0.3 is 5.11 Å². The van der Waals surface area contributed by atoms with Gasteiger partial charge in [0.1, 0.15) is 5.60 Å². The molecule has 0 aliphatic carbocycles. The minimum Gasteiger partial charge on any atom is -0.381 e. The molecule has 4 heteroatoms. The monoisotopic (exact) mass is 344 g/mol. The summed E-state index contributed by atoms with van der Waals surface area (Å²) in [5, 5.41) is 11.8. The van der Waals surface area contributed by atoms with Gasteiger partial charge >= 0.3 is 0 Å². The second-order valence-electron chi connectivity index (χ2n) is 4.20. The maximum Gasteiger partial charge on any atom is 0.113 e. The van der Waals surface area contributed by atoms with Crippen LogP contribution >= 0.6 is 39.1 Å². The molecule has 2 rings (SSSR count). The van der Waals surface area contributed by atoms with Crippen LogP contribution in [0.3, 0.4) is 0 Å². The highest BCUT2D eigenvalue weighted by atomic mass is 79.9. The highest BCUT2D eigenvalue weighted by molar-refractivity contribution is 9.10. The molecule has 0 saturated heterocycles. The van der Waals surface area contributed by atoms with Gasteiger partial charge in [-0.25, -0.2) is 0 Å². The van der Waals surface area contributed by atoms with E-state index < -0.39 is 5.60 Å². The summed E-state index contributed by atoms with van der Waals surface area (Å²) in [7, 11) is 0. The van der Waals surface area contributed by atoms with E-state index in [0.29, 0.717) is 15.6 Å². The number of rotatable bonds is 2. The molecule has 0 bridgehead atoms. The molecule has 0 heterocycles. The van der Waals surface area contributed by atoms with Crippen molar-refractivity contribution < 1.29 is 5.11 Å². The molecule has 0 aromatic heterocycles. The molecule has 94 valence electrons. The Morgan fingerprint density at radius 3 is 2.22 bits per heavy atom. The molecular weight excluding hydrogens is 335 g/mol. The molecule has 2 aromatic carbocycles. The molecule has 1 atom stereocenters. The van der Waals surface area contributed by atoms with Crippen LogP contribution in [-0.2, 0) is 5.60 Å². The standard InChI is InChI=1S/C14H11BrCl2O/c1-14(18,9-2-5-11(16)6-3-9)12-7-4-10(15)8-13(12)17/h2-8,18H,1H3. The number of hydrogen-bond acceptors (Lipinski definition) is 1. The molecule has 0 fully saturated rings. The average molecular weight is 346 g/mol. The largest absolute Gasteiger partial charge is 0.381 e. The molecule has 1 nitrogen and oxygen atoms in total. The summed E-state index contributed by atoms with van der Waals surface area (Å²) in [5.41, 5.74) is 0.258. The minimum absolute atomic E-state index is 0.518. The Kier molecular flexibility index (Phi) is 4.02. The van der Waals surface area contributed by atoms with E-state index in [1.165, 1.54) is 0 Å². The lowest BCUT2D eigenvalue weighted by atomic mass is 9.88. The zero-order valence-corrected chi connectivity index (χ0v) is 12.7. The third kappa shape index (κ3) is 2.72. The van der Waals surface area contributed by atoms with Gasteiger partial charge in [-0.1, -0.05) is 57.3 Å². The Morgan fingerprint density at radius 2 is 1.67 bits per heavy atom. The van der Waals surface area contributed by atoms with Gasteiger partial charge in [0, 0.05) is 20.1 Å². The predicted octanol–water partition coefficient (Wildman–Crippen LogP) is 5.01. The molecular formula is C14H11BrCl2O. The fourth-order valence-corrected chi connectivity index (χ4v) is 2.80. The third-order valence-electron chi connectivity index (χ3n) is 2.86. The molecule has 0 aliphatic heterocycles. The lowest BCUT2D eigenvalue weighted by Crippen LogP contribution is -2.23. The van der Waals surface area contributed by atoms with Gasteiger partial charge in [-0.05, 0) is 36.8 Å². The van der Waals surface area contributed by atoms with Gasteiger partial charge in [-0.15, -0.1) is 0 Å². The lowest BCUT2D eigenvalue weighted by Gasteiger charge is -2.25. The van der Waals surface area contributed by atoms with Crippen molar-refractivity contribution in [2.24, 2.45) is 0 Å². The van der Waals surface area contributed by atoms with E-state index in [1.54, 1.807) is 43.3 Å². The van der Waals surface area contributed by atoms with Gasteiger partial charge in [-0.3, -0.25) is 0 Å². The van der Waals surface area contributed by atoms with Crippen molar-refractivity contribution in [2.45, 2.75) is 12.5 Å². The lowest BCUT2D eigenvalue weighted by molar-refractivity contribution is 0.102. The van der Waals surface area contributed by atoms with Crippen LogP contribution in [0.4, 0.5) is 0 Å². The first-order valence-corrected chi connectivity index (χ1v) is 6.90. The van der Waals surface area contributed by atoms with E-state index in [4.69, 9.17) is 23.2 Å².